The molecule has 26 heavy (non-hydrogen) atoms. The number of ether oxygens (including phenoxy) is 1. The van der Waals surface area contributed by atoms with E-state index < -0.39 is 0 Å². The highest BCUT2D eigenvalue weighted by molar-refractivity contribution is 5.92. The van der Waals surface area contributed by atoms with Crippen LogP contribution < -0.4 is 4.74 Å². The van der Waals surface area contributed by atoms with Crippen molar-refractivity contribution in [3.8, 4) is 17.1 Å². The van der Waals surface area contributed by atoms with E-state index >= 15 is 0 Å². The van der Waals surface area contributed by atoms with Crippen LogP contribution in [0.25, 0.3) is 11.4 Å². The molecule has 4 rings (SSSR count). The molecule has 1 aromatic carbocycles. The second kappa shape index (κ2) is 7.00. The summed E-state index contributed by atoms with van der Waals surface area (Å²) < 4.78 is 10.6. The molecule has 0 saturated carbocycles. The number of hydrogen-bond donors (Lipinski definition) is 0. The summed E-state index contributed by atoms with van der Waals surface area (Å²) >= 11 is 0. The maximum absolute atomic E-state index is 12.9. The van der Waals surface area contributed by atoms with Crippen LogP contribution in [0.2, 0.25) is 0 Å². The van der Waals surface area contributed by atoms with Gasteiger partial charge in [0, 0.05) is 25.4 Å². The highest BCUT2D eigenvalue weighted by Crippen LogP contribution is 2.25. The van der Waals surface area contributed by atoms with Gasteiger partial charge in [-0.3, -0.25) is 9.78 Å². The number of amides is 1. The summed E-state index contributed by atoms with van der Waals surface area (Å²) in [4.78, 5) is 18.9. The average molecular weight is 349 g/mol. The standard InChI is InChI=1S/C20H19N3O3/c1-25-16-8-7-15-13-23(10-4-5-14(15)11-16)20(24)19-12-18(22-26-19)17-6-2-3-9-21-17/h2-3,6-9,11-12H,4-5,10,13H2,1H3. The summed E-state index contributed by atoms with van der Waals surface area (Å²) in [5, 5.41) is 3.99. The lowest BCUT2D eigenvalue weighted by molar-refractivity contribution is 0.0704. The van der Waals surface area contributed by atoms with E-state index in [4.69, 9.17) is 9.26 Å². The van der Waals surface area contributed by atoms with Crippen molar-refractivity contribution in [2.45, 2.75) is 19.4 Å². The second-order valence-electron chi connectivity index (χ2n) is 6.26. The number of pyridine rings is 1. The first-order valence-corrected chi connectivity index (χ1v) is 8.58. The molecule has 0 N–H and O–H groups in total. The van der Waals surface area contributed by atoms with Crippen molar-refractivity contribution >= 4 is 5.91 Å². The summed E-state index contributed by atoms with van der Waals surface area (Å²) in [6, 6.07) is 13.2. The van der Waals surface area contributed by atoms with Crippen LogP contribution in [0.3, 0.4) is 0 Å². The fourth-order valence-electron chi connectivity index (χ4n) is 3.20. The smallest absolute Gasteiger partial charge is 0.292 e. The number of carbonyl (C=O) groups is 1. The fourth-order valence-corrected chi connectivity index (χ4v) is 3.20. The number of methoxy groups -OCH3 is 1. The zero-order chi connectivity index (χ0) is 17.9. The van der Waals surface area contributed by atoms with Gasteiger partial charge in [0.2, 0.25) is 5.76 Å². The van der Waals surface area contributed by atoms with Gasteiger partial charge in [0.15, 0.2) is 0 Å². The van der Waals surface area contributed by atoms with E-state index in [0.29, 0.717) is 24.5 Å². The average Bonchev–Trinajstić information content (AvgIpc) is 3.08. The summed E-state index contributed by atoms with van der Waals surface area (Å²) in [5.41, 5.74) is 3.62. The van der Waals surface area contributed by atoms with Gasteiger partial charge in [0.05, 0.1) is 12.8 Å². The Labute approximate surface area is 151 Å². The molecule has 0 radical (unpaired) electrons. The Morgan fingerprint density at radius 2 is 2.08 bits per heavy atom. The molecule has 0 fully saturated rings. The maximum Gasteiger partial charge on any atom is 0.292 e. The molecule has 6 nitrogen and oxygen atoms in total. The number of benzene rings is 1. The molecule has 132 valence electrons. The molecule has 6 heteroatoms. The molecule has 2 aromatic heterocycles. The maximum atomic E-state index is 12.9. The number of fused-ring (bicyclic) bond motifs is 1. The summed E-state index contributed by atoms with van der Waals surface area (Å²) in [6.45, 7) is 1.23. The van der Waals surface area contributed by atoms with Crippen LogP contribution in [0.15, 0.2) is 53.2 Å². The van der Waals surface area contributed by atoms with E-state index in [0.717, 1.165) is 24.2 Å². The van der Waals surface area contributed by atoms with Crippen molar-refractivity contribution in [1.82, 2.24) is 15.0 Å². The van der Waals surface area contributed by atoms with Crippen molar-refractivity contribution in [2.24, 2.45) is 0 Å². The Bertz CT molecular complexity index is 921. The van der Waals surface area contributed by atoms with Gasteiger partial charge in [-0.25, -0.2) is 0 Å². The Balaban J connectivity index is 1.55. The predicted molar refractivity (Wildman–Crippen MR) is 95.8 cm³/mol. The van der Waals surface area contributed by atoms with E-state index in [-0.39, 0.29) is 11.7 Å². The minimum absolute atomic E-state index is 0.150. The lowest BCUT2D eigenvalue weighted by atomic mass is 10.0. The van der Waals surface area contributed by atoms with Crippen molar-refractivity contribution < 1.29 is 14.1 Å². The van der Waals surface area contributed by atoms with E-state index in [2.05, 4.69) is 16.2 Å². The number of carbonyl (C=O) groups excluding carboxylic acids is 1. The number of nitrogens with zero attached hydrogens (tertiary/aromatic N) is 3. The molecule has 3 aromatic rings. The Morgan fingerprint density at radius 3 is 2.88 bits per heavy atom. The quantitative estimate of drug-likeness (QED) is 0.725. The molecule has 3 heterocycles. The molecule has 0 unspecified atom stereocenters. The van der Waals surface area contributed by atoms with Gasteiger partial charge < -0.3 is 14.2 Å². The van der Waals surface area contributed by atoms with Gasteiger partial charge in [-0.15, -0.1) is 0 Å². The van der Waals surface area contributed by atoms with Gasteiger partial charge in [0.1, 0.15) is 11.4 Å². The Hall–Kier alpha value is -3.15. The molecule has 0 aliphatic carbocycles. The summed E-state index contributed by atoms with van der Waals surface area (Å²) in [7, 11) is 1.66. The molecular weight excluding hydrogens is 330 g/mol. The number of aryl methyl sites for hydroxylation is 1. The minimum Gasteiger partial charge on any atom is -0.497 e. The van der Waals surface area contributed by atoms with E-state index in [1.807, 2.05) is 30.3 Å². The highest BCUT2D eigenvalue weighted by atomic mass is 16.5. The molecule has 1 aliphatic heterocycles. The summed E-state index contributed by atoms with van der Waals surface area (Å²) in [6.07, 6.45) is 3.50. The second-order valence-corrected chi connectivity index (χ2v) is 6.26. The number of aromatic nitrogens is 2. The van der Waals surface area contributed by atoms with E-state index in [1.165, 1.54) is 5.56 Å². The number of rotatable bonds is 3. The van der Waals surface area contributed by atoms with Gasteiger partial charge in [0.25, 0.3) is 5.91 Å². The van der Waals surface area contributed by atoms with Crippen LogP contribution in [0.4, 0.5) is 0 Å². The molecule has 0 spiro atoms. The van der Waals surface area contributed by atoms with Crippen LogP contribution >= 0.6 is 0 Å². The zero-order valence-corrected chi connectivity index (χ0v) is 14.5. The highest BCUT2D eigenvalue weighted by Gasteiger charge is 2.24. The molecule has 0 bridgehead atoms. The molecule has 1 amide bonds. The fraction of sp³-hybridized carbons (Fsp3) is 0.250. The van der Waals surface area contributed by atoms with Crippen molar-refractivity contribution in [1.29, 1.82) is 0 Å². The normalized spacial score (nSPS) is 13.8. The first-order chi connectivity index (χ1) is 12.7. The molecule has 0 saturated heterocycles. The third kappa shape index (κ3) is 3.18. The van der Waals surface area contributed by atoms with Crippen molar-refractivity contribution in [2.75, 3.05) is 13.7 Å². The SMILES string of the molecule is COc1ccc2c(c1)CCCN(C(=O)c1cc(-c3ccccn3)no1)C2. The van der Waals surface area contributed by atoms with Gasteiger partial charge in [-0.1, -0.05) is 17.3 Å². The third-order valence-corrected chi connectivity index (χ3v) is 4.58. The van der Waals surface area contributed by atoms with Crippen LogP contribution in [-0.2, 0) is 13.0 Å². The monoisotopic (exact) mass is 349 g/mol. The Kier molecular flexibility index (Phi) is 4.39. The first-order valence-electron chi connectivity index (χ1n) is 8.58. The molecule has 0 atom stereocenters. The van der Waals surface area contributed by atoms with Crippen molar-refractivity contribution in [3.05, 3.63) is 65.5 Å². The van der Waals surface area contributed by atoms with Crippen LogP contribution in [0.1, 0.15) is 28.1 Å². The van der Waals surface area contributed by atoms with Crippen molar-refractivity contribution in [3.63, 3.8) is 0 Å². The van der Waals surface area contributed by atoms with Gasteiger partial charge in [-0.05, 0) is 48.2 Å². The predicted octanol–water partition coefficient (Wildman–Crippen LogP) is 3.33. The van der Waals surface area contributed by atoms with E-state index in [1.54, 1.807) is 24.3 Å². The van der Waals surface area contributed by atoms with Crippen LogP contribution in [0, 0.1) is 0 Å². The lowest BCUT2D eigenvalue weighted by Crippen LogP contribution is -2.30. The minimum atomic E-state index is -0.150. The molecular formula is C20H19N3O3. The van der Waals surface area contributed by atoms with E-state index in [9.17, 15) is 4.79 Å². The summed E-state index contributed by atoms with van der Waals surface area (Å²) in [5.74, 6) is 0.935. The van der Waals surface area contributed by atoms with Gasteiger partial charge in [-0.2, -0.15) is 0 Å². The molecule has 1 aliphatic rings. The lowest BCUT2D eigenvalue weighted by Gasteiger charge is -2.19. The third-order valence-electron chi connectivity index (χ3n) is 4.58. The topological polar surface area (TPSA) is 68.5 Å². The van der Waals surface area contributed by atoms with Crippen LogP contribution in [-0.4, -0.2) is 34.6 Å². The first kappa shape index (κ1) is 16.3. The Morgan fingerprint density at radius 1 is 1.15 bits per heavy atom. The van der Waals surface area contributed by atoms with Gasteiger partial charge >= 0.3 is 0 Å². The van der Waals surface area contributed by atoms with Crippen LogP contribution in [0.5, 0.6) is 5.75 Å². The zero-order valence-electron chi connectivity index (χ0n) is 14.5. The largest absolute Gasteiger partial charge is 0.497 e. The number of hydrogen-bond acceptors (Lipinski definition) is 5.